The Balaban J connectivity index is 0.00000102. The number of carbonyl (C=O) groups excluding carboxylic acids is 1. The molecule has 0 aliphatic carbocycles. The monoisotopic (exact) mass is 341 g/mol. The first kappa shape index (κ1) is 20.6. The minimum atomic E-state index is -0.349. The summed E-state index contributed by atoms with van der Waals surface area (Å²) in [6.45, 7) is 12.0. The first-order valence-electron chi connectivity index (χ1n) is 7.53. The number of esters is 1. The van der Waals surface area contributed by atoms with Crippen molar-refractivity contribution in [3.63, 3.8) is 0 Å². The average Bonchev–Trinajstić information content (AvgIpc) is 2.94. The molecule has 22 heavy (non-hydrogen) atoms. The van der Waals surface area contributed by atoms with Crippen molar-refractivity contribution in [1.82, 2.24) is 4.98 Å². The lowest BCUT2D eigenvalue weighted by Gasteiger charge is -2.04. The molecule has 1 heterocycles. The molecular formula is C17H24ClNO2S. The second-order valence-corrected chi connectivity index (χ2v) is 5.22. The summed E-state index contributed by atoms with van der Waals surface area (Å²) in [6, 6.07) is 7.33. The number of halogens is 1. The van der Waals surface area contributed by atoms with Crippen LogP contribution in [0.25, 0.3) is 11.3 Å². The van der Waals surface area contributed by atoms with Gasteiger partial charge in [-0.1, -0.05) is 57.5 Å². The molecule has 0 fully saturated rings. The highest BCUT2D eigenvalue weighted by atomic mass is 35.5. The normalized spacial score (nSPS) is 9.05. The van der Waals surface area contributed by atoms with Gasteiger partial charge in [0, 0.05) is 5.56 Å². The molecule has 0 radical (unpaired) electrons. The van der Waals surface area contributed by atoms with Gasteiger partial charge in [-0.25, -0.2) is 9.78 Å². The topological polar surface area (TPSA) is 39.2 Å². The summed E-state index contributed by atoms with van der Waals surface area (Å²) in [5, 5.41) is 1.39. The minimum Gasteiger partial charge on any atom is -0.462 e. The Kier molecular flexibility index (Phi) is 10.5. The van der Waals surface area contributed by atoms with Crippen LogP contribution in [0.3, 0.4) is 0 Å². The molecule has 0 unspecified atom stereocenters. The van der Waals surface area contributed by atoms with Crippen LogP contribution in [0.5, 0.6) is 0 Å². The molecule has 0 N–H and O–H groups in total. The third-order valence-corrected chi connectivity index (χ3v) is 3.60. The lowest BCUT2D eigenvalue weighted by molar-refractivity contribution is 0.0532. The molecule has 1 aromatic carbocycles. The third kappa shape index (κ3) is 5.43. The van der Waals surface area contributed by atoms with Gasteiger partial charge in [-0.3, -0.25) is 0 Å². The van der Waals surface area contributed by atoms with Crippen LogP contribution in [-0.2, 0) is 4.74 Å². The van der Waals surface area contributed by atoms with E-state index in [1.807, 2.05) is 52.8 Å². The van der Waals surface area contributed by atoms with Crippen LogP contribution in [0.4, 0.5) is 0 Å². The largest absolute Gasteiger partial charge is 0.462 e. The highest BCUT2D eigenvalue weighted by molar-refractivity contribution is 7.14. The molecule has 0 atom stereocenters. The Hall–Kier alpha value is -1.39. The summed E-state index contributed by atoms with van der Waals surface area (Å²) in [4.78, 5) is 16.7. The lowest BCUT2D eigenvalue weighted by atomic mass is 10.1. The van der Waals surface area contributed by atoms with E-state index in [9.17, 15) is 4.79 Å². The molecule has 5 heteroatoms. The standard InChI is InChI=1S/C13H12ClNO2S.2C2H6/c1-3-17-13(16)12-11(15-8(2)18-12)9-6-4-5-7-10(9)14;2*1-2/h4-7H,3H2,1-2H3;2*1-2H3. The Labute approximate surface area is 142 Å². The number of ether oxygens (including phenoxy) is 1. The van der Waals surface area contributed by atoms with Crippen LogP contribution in [-0.4, -0.2) is 17.6 Å². The smallest absolute Gasteiger partial charge is 0.350 e. The first-order chi connectivity index (χ1) is 10.6. The maximum absolute atomic E-state index is 11.9. The minimum absolute atomic E-state index is 0.345. The van der Waals surface area contributed by atoms with Gasteiger partial charge in [0.15, 0.2) is 0 Å². The Bertz CT molecular complexity index is 582. The fourth-order valence-corrected chi connectivity index (χ4v) is 2.65. The summed E-state index contributed by atoms with van der Waals surface area (Å²) < 4.78 is 5.03. The van der Waals surface area contributed by atoms with Gasteiger partial charge < -0.3 is 4.74 Å². The van der Waals surface area contributed by atoms with Crippen LogP contribution in [0.2, 0.25) is 5.02 Å². The van der Waals surface area contributed by atoms with Gasteiger partial charge in [-0.05, 0) is 19.9 Å². The summed E-state index contributed by atoms with van der Waals surface area (Å²) in [7, 11) is 0. The number of hydrogen-bond donors (Lipinski definition) is 0. The van der Waals surface area contributed by atoms with Crippen LogP contribution in [0.1, 0.15) is 49.3 Å². The predicted molar refractivity (Wildman–Crippen MR) is 95.9 cm³/mol. The predicted octanol–water partition coefficient (Wildman–Crippen LogP) is 6.00. The SMILES string of the molecule is CC.CC.CCOC(=O)c1sc(C)nc1-c1ccccc1Cl. The molecule has 0 spiro atoms. The van der Waals surface area contributed by atoms with Crippen LogP contribution < -0.4 is 0 Å². The molecule has 0 aliphatic heterocycles. The van der Waals surface area contributed by atoms with Gasteiger partial charge in [-0.2, -0.15) is 0 Å². The van der Waals surface area contributed by atoms with Gasteiger partial charge in [0.2, 0.25) is 0 Å². The van der Waals surface area contributed by atoms with E-state index < -0.39 is 0 Å². The summed E-state index contributed by atoms with van der Waals surface area (Å²) in [5.74, 6) is -0.349. The average molecular weight is 342 g/mol. The summed E-state index contributed by atoms with van der Waals surface area (Å²) in [6.07, 6.45) is 0. The zero-order chi connectivity index (χ0) is 17.1. The summed E-state index contributed by atoms with van der Waals surface area (Å²) >= 11 is 7.46. The van der Waals surface area contributed by atoms with Crippen molar-refractivity contribution in [3.8, 4) is 11.3 Å². The Morgan fingerprint density at radius 2 is 1.82 bits per heavy atom. The van der Waals surface area contributed by atoms with Crippen LogP contribution in [0.15, 0.2) is 24.3 Å². The Morgan fingerprint density at radius 1 is 1.23 bits per heavy atom. The van der Waals surface area contributed by atoms with Crippen molar-refractivity contribution in [2.45, 2.75) is 41.5 Å². The van der Waals surface area contributed by atoms with Crippen molar-refractivity contribution < 1.29 is 9.53 Å². The molecule has 3 nitrogen and oxygen atoms in total. The molecule has 2 rings (SSSR count). The molecule has 0 saturated heterocycles. The zero-order valence-electron chi connectivity index (χ0n) is 14.1. The van der Waals surface area contributed by atoms with Gasteiger partial charge >= 0.3 is 5.97 Å². The molecule has 122 valence electrons. The molecule has 0 amide bonds. The maximum atomic E-state index is 11.9. The second-order valence-electron chi connectivity index (χ2n) is 3.61. The molecule has 1 aromatic heterocycles. The quantitative estimate of drug-likeness (QED) is 0.642. The molecule has 0 saturated carbocycles. The van der Waals surface area contributed by atoms with Crippen molar-refractivity contribution in [3.05, 3.63) is 39.2 Å². The van der Waals surface area contributed by atoms with E-state index in [1.54, 1.807) is 13.0 Å². The number of thiazole rings is 1. The third-order valence-electron chi connectivity index (χ3n) is 2.32. The highest BCUT2D eigenvalue weighted by Gasteiger charge is 2.20. The van der Waals surface area contributed by atoms with Crippen LogP contribution in [0, 0.1) is 6.92 Å². The lowest BCUT2D eigenvalue weighted by Crippen LogP contribution is -2.04. The van der Waals surface area contributed by atoms with E-state index in [0.29, 0.717) is 22.2 Å². The van der Waals surface area contributed by atoms with E-state index in [4.69, 9.17) is 16.3 Å². The van der Waals surface area contributed by atoms with E-state index in [-0.39, 0.29) is 5.97 Å². The van der Waals surface area contributed by atoms with Crippen molar-refractivity contribution >= 4 is 28.9 Å². The van der Waals surface area contributed by atoms with Crippen molar-refractivity contribution in [1.29, 1.82) is 0 Å². The number of carbonyl (C=O) groups is 1. The fourth-order valence-electron chi connectivity index (χ4n) is 1.60. The molecule has 0 bridgehead atoms. The number of hydrogen-bond acceptors (Lipinski definition) is 4. The zero-order valence-corrected chi connectivity index (χ0v) is 15.6. The van der Waals surface area contributed by atoms with Gasteiger partial charge in [0.25, 0.3) is 0 Å². The van der Waals surface area contributed by atoms with Crippen molar-refractivity contribution in [2.75, 3.05) is 6.61 Å². The van der Waals surface area contributed by atoms with Gasteiger partial charge in [0.05, 0.1) is 22.3 Å². The van der Waals surface area contributed by atoms with Crippen LogP contribution >= 0.6 is 22.9 Å². The van der Waals surface area contributed by atoms with E-state index in [0.717, 1.165) is 10.6 Å². The number of nitrogens with zero attached hydrogens (tertiary/aromatic N) is 1. The van der Waals surface area contributed by atoms with Gasteiger partial charge in [0.1, 0.15) is 4.88 Å². The van der Waals surface area contributed by atoms with E-state index in [2.05, 4.69) is 4.98 Å². The molecule has 2 aromatic rings. The maximum Gasteiger partial charge on any atom is 0.350 e. The van der Waals surface area contributed by atoms with E-state index >= 15 is 0 Å². The fraction of sp³-hybridized carbons (Fsp3) is 0.412. The van der Waals surface area contributed by atoms with E-state index in [1.165, 1.54) is 11.3 Å². The number of rotatable bonds is 3. The molecule has 0 aliphatic rings. The number of benzene rings is 1. The van der Waals surface area contributed by atoms with Crippen molar-refractivity contribution in [2.24, 2.45) is 0 Å². The van der Waals surface area contributed by atoms with Gasteiger partial charge in [-0.15, -0.1) is 11.3 Å². The summed E-state index contributed by atoms with van der Waals surface area (Å²) in [5.41, 5.74) is 1.35. The number of aromatic nitrogens is 1. The molecular weight excluding hydrogens is 318 g/mol. The number of aryl methyl sites for hydroxylation is 1. The second kappa shape index (κ2) is 11.2. The Morgan fingerprint density at radius 3 is 2.36 bits per heavy atom. The first-order valence-corrected chi connectivity index (χ1v) is 8.72. The highest BCUT2D eigenvalue weighted by Crippen LogP contribution is 2.33.